The van der Waals surface area contributed by atoms with Crippen LogP contribution in [0.25, 0.3) is 0 Å². The summed E-state index contributed by atoms with van der Waals surface area (Å²) in [5, 5.41) is 0.545. The molecule has 12 heavy (non-hydrogen) atoms. The van der Waals surface area contributed by atoms with Crippen molar-refractivity contribution >= 4 is 19.6 Å². The van der Waals surface area contributed by atoms with Crippen LogP contribution in [-0.2, 0) is 13.0 Å². The summed E-state index contributed by atoms with van der Waals surface area (Å²) >= 11 is 5.75. The van der Waals surface area contributed by atoms with Gasteiger partial charge < -0.3 is 4.81 Å². The van der Waals surface area contributed by atoms with E-state index >= 15 is 0 Å². The molecule has 60 valence electrons. The summed E-state index contributed by atoms with van der Waals surface area (Å²) in [5.74, 6) is 0. The molecule has 0 bridgehead atoms. The Hall–Kier alpha value is -0.535. The maximum absolute atomic E-state index is 5.75. The monoisotopic (exact) mass is 178 g/mol. The first-order chi connectivity index (χ1) is 5.75. The highest BCUT2D eigenvalue weighted by atomic mass is 35.5. The van der Waals surface area contributed by atoms with Gasteiger partial charge in [0.2, 0.25) is 0 Å². The summed E-state index contributed by atoms with van der Waals surface area (Å²) in [6, 6.07) is 1.88. The molecule has 2 radical (unpaired) electrons. The van der Waals surface area contributed by atoms with Gasteiger partial charge in [0.05, 0.1) is 0 Å². The quantitative estimate of drug-likeness (QED) is 0.438. The molecule has 0 unspecified atom stereocenters. The Bertz CT molecular complexity index is 303. The summed E-state index contributed by atoms with van der Waals surface area (Å²) in [4.78, 5) is 5.81. The zero-order valence-corrected chi connectivity index (χ0v) is 7.38. The van der Waals surface area contributed by atoms with E-state index in [1.54, 1.807) is 4.81 Å². The van der Waals surface area contributed by atoms with Gasteiger partial charge in [0.25, 0.3) is 0 Å². The minimum atomic E-state index is 0.545. The third-order valence-electron chi connectivity index (χ3n) is 2.09. The van der Waals surface area contributed by atoms with Gasteiger partial charge >= 0.3 is 0 Å². The SMILES string of the molecule is [B]N1CCc2cnc(Cl)cc2C1. The van der Waals surface area contributed by atoms with E-state index in [9.17, 15) is 0 Å². The largest absolute Gasteiger partial charge is 0.350 e. The van der Waals surface area contributed by atoms with Crippen LogP contribution in [0.5, 0.6) is 0 Å². The predicted octanol–water partition coefficient (Wildman–Crippen LogP) is 1.18. The Morgan fingerprint density at radius 3 is 3.17 bits per heavy atom. The third kappa shape index (κ3) is 1.47. The predicted molar refractivity (Wildman–Crippen MR) is 49.1 cm³/mol. The lowest BCUT2D eigenvalue weighted by atomic mass is 10.0. The lowest BCUT2D eigenvalue weighted by Gasteiger charge is -2.24. The molecular weight excluding hydrogens is 170 g/mol. The van der Waals surface area contributed by atoms with Crippen molar-refractivity contribution in [1.82, 2.24) is 9.79 Å². The van der Waals surface area contributed by atoms with Gasteiger partial charge in [0.1, 0.15) is 5.15 Å². The molecule has 2 rings (SSSR count). The van der Waals surface area contributed by atoms with Crippen molar-refractivity contribution in [3.8, 4) is 0 Å². The molecule has 2 heterocycles. The normalized spacial score (nSPS) is 17.4. The Morgan fingerprint density at radius 2 is 2.33 bits per heavy atom. The first-order valence-corrected chi connectivity index (χ1v) is 4.26. The maximum atomic E-state index is 5.75. The smallest absolute Gasteiger partial charge is 0.182 e. The zero-order chi connectivity index (χ0) is 8.55. The van der Waals surface area contributed by atoms with E-state index in [0.29, 0.717) is 5.15 Å². The molecule has 0 spiro atoms. The van der Waals surface area contributed by atoms with E-state index in [1.165, 1.54) is 11.1 Å². The van der Waals surface area contributed by atoms with Crippen LogP contribution >= 0.6 is 11.6 Å². The van der Waals surface area contributed by atoms with Gasteiger partial charge in [-0.3, -0.25) is 0 Å². The minimum Gasteiger partial charge on any atom is -0.350 e. The highest BCUT2D eigenvalue weighted by molar-refractivity contribution is 6.29. The number of fused-ring (bicyclic) bond motifs is 1. The van der Waals surface area contributed by atoms with Gasteiger partial charge in [0, 0.05) is 12.7 Å². The highest BCUT2D eigenvalue weighted by Gasteiger charge is 2.12. The highest BCUT2D eigenvalue weighted by Crippen LogP contribution is 2.19. The number of hydrogen-bond acceptors (Lipinski definition) is 2. The van der Waals surface area contributed by atoms with Crippen LogP contribution in [-0.4, -0.2) is 24.3 Å². The summed E-state index contributed by atoms with van der Waals surface area (Å²) in [7, 11) is 5.67. The van der Waals surface area contributed by atoms with Crippen molar-refractivity contribution in [3.05, 3.63) is 28.5 Å². The molecule has 1 aliphatic rings. The van der Waals surface area contributed by atoms with Crippen molar-refractivity contribution in [2.75, 3.05) is 6.54 Å². The van der Waals surface area contributed by atoms with Gasteiger partial charge in [-0.25, -0.2) is 4.98 Å². The molecule has 1 aromatic rings. The lowest BCUT2D eigenvalue weighted by Crippen LogP contribution is -2.27. The average molecular weight is 178 g/mol. The summed E-state index contributed by atoms with van der Waals surface area (Å²) < 4.78 is 0. The number of nitrogens with zero attached hydrogens (tertiary/aromatic N) is 2. The van der Waals surface area contributed by atoms with Crippen LogP contribution in [0, 0.1) is 0 Å². The van der Waals surface area contributed by atoms with Crippen molar-refractivity contribution in [1.29, 1.82) is 0 Å². The van der Waals surface area contributed by atoms with Gasteiger partial charge in [0.15, 0.2) is 7.98 Å². The van der Waals surface area contributed by atoms with E-state index in [4.69, 9.17) is 19.6 Å². The number of aromatic nitrogens is 1. The summed E-state index contributed by atoms with van der Waals surface area (Å²) in [5.41, 5.74) is 2.46. The Balaban J connectivity index is 2.37. The second-order valence-electron chi connectivity index (χ2n) is 3.00. The average Bonchev–Trinajstić information content (AvgIpc) is 2.03. The number of hydrogen-bond donors (Lipinski definition) is 0. The van der Waals surface area contributed by atoms with Crippen LogP contribution < -0.4 is 0 Å². The molecule has 0 atom stereocenters. The molecule has 0 saturated heterocycles. The van der Waals surface area contributed by atoms with Crippen LogP contribution in [0.15, 0.2) is 12.3 Å². The standard InChI is InChI=1S/C8H8BClN2/c9-12-2-1-6-4-11-8(10)3-7(6)5-12/h3-4H,1-2,5H2. The second-order valence-corrected chi connectivity index (χ2v) is 3.38. The Kier molecular flexibility index (Phi) is 2.07. The first kappa shape index (κ1) is 8.08. The number of pyridine rings is 1. The Morgan fingerprint density at radius 1 is 1.50 bits per heavy atom. The van der Waals surface area contributed by atoms with E-state index in [-0.39, 0.29) is 0 Å². The van der Waals surface area contributed by atoms with Crippen LogP contribution in [0.1, 0.15) is 11.1 Å². The van der Waals surface area contributed by atoms with Crippen molar-refractivity contribution in [2.45, 2.75) is 13.0 Å². The third-order valence-corrected chi connectivity index (χ3v) is 2.30. The topological polar surface area (TPSA) is 16.1 Å². The van der Waals surface area contributed by atoms with Crippen molar-refractivity contribution in [2.24, 2.45) is 0 Å². The molecule has 1 aromatic heterocycles. The molecule has 0 aliphatic carbocycles. The fourth-order valence-corrected chi connectivity index (χ4v) is 1.61. The molecule has 4 heteroatoms. The van der Waals surface area contributed by atoms with E-state index in [0.717, 1.165) is 19.5 Å². The number of halogens is 1. The summed E-state index contributed by atoms with van der Waals surface area (Å²) in [6.07, 6.45) is 2.81. The van der Waals surface area contributed by atoms with Crippen molar-refractivity contribution < 1.29 is 0 Å². The maximum Gasteiger partial charge on any atom is 0.182 e. The molecule has 0 aromatic carbocycles. The fraction of sp³-hybridized carbons (Fsp3) is 0.375. The van der Waals surface area contributed by atoms with Gasteiger partial charge in [-0.05, 0) is 30.2 Å². The molecule has 0 saturated carbocycles. The van der Waals surface area contributed by atoms with Crippen molar-refractivity contribution in [3.63, 3.8) is 0 Å². The fourth-order valence-electron chi connectivity index (χ4n) is 1.43. The van der Waals surface area contributed by atoms with E-state index in [1.807, 2.05) is 12.3 Å². The van der Waals surface area contributed by atoms with Crippen LogP contribution in [0.2, 0.25) is 5.15 Å². The molecule has 1 aliphatic heterocycles. The molecule has 0 N–H and O–H groups in total. The zero-order valence-electron chi connectivity index (χ0n) is 6.63. The molecule has 2 nitrogen and oxygen atoms in total. The van der Waals surface area contributed by atoms with Crippen LogP contribution in [0.4, 0.5) is 0 Å². The Labute approximate surface area is 78.0 Å². The second kappa shape index (κ2) is 3.07. The van der Waals surface area contributed by atoms with Crippen LogP contribution in [0.3, 0.4) is 0 Å². The van der Waals surface area contributed by atoms with Gasteiger partial charge in [-0.15, -0.1) is 0 Å². The summed E-state index contributed by atoms with van der Waals surface area (Å²) in [6.45, 7) is 1.67. The molecular formula is C8H8BClN2. The first-order valence-electron chi connectivity index (χ1n) is 3.88. The number of rotatable bonds is 0. The van der Waals surface area contributed by atoms with E-state index in [2.05, 4.69) is 4.98 Å². The van der Waals surface area contributed by atoms with E-state index < -0.39 is 0 Å². The molecule has 0 amide bonds. The minimum absolute atomic E-state index is 0.545. The van der Waals surface area contributed by atoms with Gasteiger partial charge in [-0.2, -0.15) is 0 Å². The van der Waals surface area contributed by atoms with Gasteiger partial charge in [-0.1, -0.05) is 11.6 Å². The molecule has 0 fully saturated rings. The lowest BCUT2D eigenvalue weighted by molar-refractivity contribution is 0.426.